The van der Waals surface area contributed by atoms with E-state index in [-0.39, 0.29) is 36.9 Å². The van der Waals surface area contributed by atoms with Crippen molar-refractivity contribution in [3.63, 3.8) is 0 Å². The van der Waals surface area contributed by atoms with Crippen molar-refractivity contribution in [1.82, 2.24) is 15.2 Å². The first-order chi connectivity index (χ1) is 8.06. The lowest BCUT2D eigenvalue weighted by atomic mass is 10.2. The van der Waals surface area contributed by atoms with Gasteiger partial charge in [-0.3, -0.25) is 4.79 Å². The smallest absolute Gasteiger partial charge is 0.352 e. The summed E-state index contributed by atoms with van der Waals surface area (Å²) in [7, 11) is 0. The fourth-order valence-electron chi connectivity index (χ4n) is 1.41. The molecule has 0 saturated heterocycles. The van der Waals surface area contributed by atoms with Crippen molar-refractivity contribution in [2.75, 3.05) is 0 Å². The molecule has 90 valence electrons. The summed E-state index contributed by atoms with van der Waals surface area (Å²) in [5.74, 6) is -0.770. The van der Waals surface area contributed by atoms with Crippen LogP contribution in [0.15, 0.2) is 9.52 Å². The molecule has 1 N–H and O–H groups in total. The van der Waals surface area contributed by atoms with Crippen LogP contribution in [-0.4, -0.2) is 37.9 Å². The van der Waals surface area contributed by atoms with Gasteiger partial charge < -0.3 is 9.52 Å². The third-order valence-corrected chi connectivity index (χ3v) is 2.20. The minimum absolute atomic E-state index is 0.00352. The van der Waals surface area contributed by atoms with Crippen LogP contribution in [-0.2, 0) is 16.1 Å². The number of rotatable bonds is 3. The van der Waals surface area contributed by atoms with Gasteiger partial charge in [0.25, 0.3) is 0 Å². The molecule has 0 bridgehead atoms. The average molecular weight is 238 g/mol. The fourth-order valence-corrected chi connectivity index (χ4v) is 1.41. The maximum absolute atomic E-state index is 11.5. The van der Waals surface area contributed by atoms with Gasteiger partial charge in [-0.2, -0.15) is 5.10 Å². The number of carboxylic acids is 1. The minimum atomic E-state index is -1.12. The number of aliphatic carboxylic acids is 1. The lowest BCUT2D eigenvalue weighted by Crippen LogP contribution is -2.33. The van der Waals surface area contributed by atoms with Crippen LogP contribution < -0.4 is 0 Å². The number of carboxylic acid groups (broad SMARTS) is 1. The van der Waals surface area contributed by atoms with E-state index in [1.807, 2.05) is 0 Å². The molecule has 8 heteroatoms. The van der Waals surface area contributed by atoms with Gasteiger partial charge >= 0.3 is 5.97 Å². The molecule has 0 saturated carbocycles. The second kappa shape index (κ2) is 4.32. The molecular formula is C9H10N4O4. The summed E-state index contributed by atoms with van der Waals surface area (Å²) in [4.78, 5) is 22.3. The van der Waals surface area contributed by atoms with E-state index in [1.54, 1.807) is 6.92 Å². The summed E-state index contributed by atoms with van der Waals surface area (Å²) in [5, 5.41) is 20.9. The highest BCUT2D eigenvalue weighted by Gasteiger charge is 2.25. The number of hydrazone groups is 1. The average Bonchev–Trinajstić information content (AvgIpc) is 2.67. The SMILES string of the molecule is Cc1nnc(CN2N=C(C(=O)O)CCC2=O)o1. The van der Waals surface area contributed by atoms with Crippen molar-refractivity contribution in [2.24, 2.45) is 5.10 Å². The van der Waals surface area contributed by atoms with Gasteiger partial charge in [0.05, 0.1) is 0 Å². The normalized spacial score (nSPS) is 15.9. The van der Waals surface area contributed by atoms with Crippen molar-refractivity contribution in [2.45, 2.75) is 26.3 Å². The number of nitrogens with zero attached hydrogens (tertiary/aromatic N) is 4. The van der Waals surface area contributed by atoms with Gasteiger partial charge in [-0.25, -0.2) is 9.80 Å². The molecule has 1 aliphatic heterocycles. The third kappa shape index (κ3) is 2.47. The number of aryl methyl sites for hydroxylation is 1. The Morgan fingerprint density at radius 3 is 2.82 bits per heavy atom. The molecule has 2 heterocycles. The lowest BCUT2D eigenvalue weighted by molar-refractivity contribution is -0.133. The zero-order valence-corrected chi connectivity index (χ0v) is 9.08. The number of aromatic nitrogens is 2. The molecule has 0 aromatic carbocycles. The molecule has 0 fully saturated rings. The van der Waals surface area contributed by atoms with E-state index in [0.717, 1.165) is 5.01 Å². The predicted octanol–water partition coefficient (Wildman–Crippen LogP) is -0.0590. The predicted molar refractivity (Wildman–Crippen MR) is 53.9 cm³/mol. The van der Waals surface area contributed by atoms with Crippen LogP contribution in [0.4, 0.5) is 0 Å². The maximum Gasteiger partial charge on any atom is 0.352 e. The zero-order valence-electron chi connectivity index (χ0n) is 9.08. The molecule has 0 unspecified atom stereocenters. The number of hydrogen-bond donors (Lipinski definition) is 1. The van der Waals surface area contributed by atoms with E-state index < -0.39 is 5.97 Å². The van der Waals surface area contributed by atoms with Gasteiger partial charge in [0.1, 0.15) is 12.3 Å². The molecule has 1 aliphatic rings. The maximum atomic E-state index is 11.5. The van der Waals surface area contributed by atoms with Crippen LogP contribution in [0.3, 0.4) is 0 Å². The highest BCUT2D eigenvalue weighted by atomic mass is 16.4. The first kappa shape index (κ1) is 11.2. The van der Waals surface area contributed by atoms with E-state index in [2.05, 4.69) is 15.3 Å². The van der Waals surface area contributed by atoms with Gasteiger partial charge in [0.2, 0.25) is 17.7 Å². The fraction of sp³-hybridized carbons (Fsp3) is 0.444. The van der Waals surface area contributed by atoms with Gasteiger partial charge in [-0.05, 0) is 0 Å². The Labute approximate surface area is 95.9 Å². The molecule has 0 radical (unpaired) electrons. The third-order valence-electron chi connectivity index (χ3n) is 2.20. The summed E-state index contributed by atoms with van der Waals surface area (Å²) in [6.07, 6.45) is 0.270. The Morgan fingerprint density at radius 1 is 1.47 bits per heavy atom. The first-order valence-corrected chi connectivity index (χ1v) is 4.96. The molecule has 1 amide bonds. The molecule has 1 aromatic rings. The van der Waals surface area contributed by atoms with E-state index in [0.29, 0.717) is 5.89 Å². The largest absolute Gasteiger partial charge is 0.477 e. The van der Waals surface area contributed by atoms with Crippen molar-refractivity contribution < 1.29 is 19.1 Å². The van der Waals surface area contributed by atoms with Gasteiger partial charge in [0.15, 0.2) is 0 Å². The van der Waals surface area contributed by atoms with Crippen molar-refractivity contribution >= 4 is 17.6 Å². The van der Waals surface area contributed by atoms with Crippen molar-refractivity contribution in [1.29, 1.82) is 0 Å². The molecule has 0 spiro atoms. The Balaban J connectivity index is 2.15. The summed E-state index contributed by atoms with van der Waals surface area (Å²) >= 11 is 0. The highest BCUT2D eigenvalue weighted by Crippen LogP contribution is 2.13. The lowest BCUT2D eigenvalue weighted by Gasteiger charge is -2.20. The topological polar surface area (TPSA) is 109 Å². The Morgan fingerprint density at radius 2 is 2.24 bits per heavy atom. The second-order valence-corrected chi connectivity index (χ2v) is 3.52. The van der Waals surface area contributed by atoms with Gasteiger partial charge in [-0.1, -0.05) is 0 Å². The van der Waals surface area contributed by atoms with Crippen LogP contribution in [0.2, 0.25) is 0 Å². The molecule has 8 nitrogen and oxygen atoms in total. The van der Waals surface area contributed by atoms with Crippen molar-refractivity contribution in [3.8, 4) is 0 Å². The molecule has 17 heavy (non-hydrogen) atoms. The van der Waals surface area contributed by atoms with Gasteiger partial charge in [0, 0.05) is 19.8 Å². The standard InChI is InChI=1S/C9H10N4O4/c1-5-10-11-7(17-5)4-13-8(14)3-2-6(12-13)9(15)16/h2-4H2,1H3,(H,15,16). The zero-order chi connectivity index (χ0) is 12.4. The molecular weight excluding hydrogens is 228 g/mol. The number of amides is 1. The van der Waals surface area contributed by atoms with E-state index >= 15 is 0 Å². The number of hydrogen-bond acceptors (Lipinski definition) is 6. The summed E-state index contributed by atoms with van der Waals surface area (Å²) in [6.45, 7) is 1.62. The first-order valence-electron chi connectivity index (χ1n) is 4.96. The summed E-state index contributed by atoms with van der Waals surface area (Å²) < 4.78 is 5.10. The van der Waals surface area contributed by atoms with E-state index in [1.165, 1.54) is 0 Å². The minimum Gasteiger partial charge on any atom is -0.477 e. The highest BCUT2D eigenvalue weighted by molar-refractivity contribution is 6.36. The summed E-state index contributed by atoms with van der Waals surface area (Å²) in [6, 6.07) is 0. The quantitative estimate of drug-likeness (QED) is 0.790. The van der Waals surface area contributed by atoms with Crippen LogP contribution in [0.25, 0.3) is 0 Å². The number of carbonyl (C=O) groups is 2. The van der Waals surface area contributed by atoms with E-state index in [9.17, 15) is 9.59 Å². The number of carbonyl (C=O) groups excluding carboxylic acids is 1. The Kier molecular flexibility index (Phi) is 2.86. The van der Waals surface area contributed by atoms with Crippen LogP contribution in [0.5, 0.6) is 0 Å². The monoisotopic (exact) mass is 238 g/mol. The van der Waals surface area contributed by atoms with Crippen LogP contribution in [0.1, 0.15) is 24.6 Å². The van der Waals surface area contributed by atoms with Crippen LogP contribution >= 0.6 is 0 Å². The van der Waals surface area contributed by atoms with Gasteiger partial charge in [-0.15, -0.1) is 10.2 Å². The van der Waals surface area contributed by atoms with Crippen LogP contribution in [0, 0.1) is 6.92 Å². The molecule has 2 rings (SSSR count). The summed E-state index contributed by atoms with van der Waals surface area (Å²) in [5.41, 5.74) is -0.0409. The van der Waals surface area contributed by atoms with Crippen molar-refractivity contribution in [3.05, 3.63) is 11.8 Å². The molecule has 0 aliphatic carbocycles. The molecule has 0 atom stereocenters. The Bertz CT molecular complexity index is 493. The Hall–Kier alpha value is -2.25. The van der Waals surface area contributed by atoms with E-state index in [4.69, 9.17) is 9.52 Å². The second-order valence-electron chi connectivity index (χ2n) is 3.52. The molecule has 1 aromatic heterocycles.